The standard InChI is InChI=1S/C14H22N4O2/c1-10(2)7-15-8-12-6-13(20-17-12)9-19-14-5-11(3)16-18(14)4/h5-6,10,15H,7-9H2,1-4H3. The van der Waals surface area contributed by atoms with Crippen molar-refractivity contribution < 1.29 is 9.26 Å². The zero-order chi connectivity index (χ0) is 14.5. The SMILES string of the molecule is Cc1cc(OCc2cc(CNCC(C)C)no2)n(C)n1. The predicted molar refractivity (Wildman–Crippen MR) is 75.3 cm³/mol. The first kappa shape index (κ1) is 14.6. The van der Waals surface area contributed by atoms with Crippen molar-refractivity contribution in [3.8, 4) is 5.88 Å². The first-order valence-electron chi connectivity index (χ1n) is 6.83. The van der Waals surface area contributed by atoms with Crippen molar-refractivity contribution >= 4 is 0 Å². The maximum absolute atomic E-state index is 5.65. The number of nitrogens with one attached hydrogen (secondary N) is 1. The van der Waals surface area contributed by atoms with Gasteiger partial charge in [-0.3, -0.25) is 0 Å². The summed E-state index contributed by atoms with van der Waals surface area (Å²) in [6.45, 7) is 8.31. The number of hydrogen-bond donors (Lipinski definition) is 1. The minimum atomic E-state index is 0.357. The van der Waals surface area contributed by atoms with Gasteiger partial charge in [0.05, 0.1) is 11.4 Å². The minimum absolute atomic E-state index is 0.357. The highest BCUT2D eigenvalue weighted by Crippen LogP contribution is 2.14. The number of ether oxygens (including phenoxy) is 1. The maximum atomic E-state index is 5.65. The Morgan fingerprint density at radius 3 is 2.85 bits per heavy atom. The average Bonchev–Trinajstić information content (AvgIpc) is 2.93. The molecule has 0 atom stereocenters. The number of hydrogen-bond acceptors (Lipinski definition) is 5. The second kappa shape index (κ2) is 6.56. The molecule has 0 aliphatic carbocycles. The van der Waals surface area contributed by atoms with Crippen LogP contribution in [0.5, 0.6) is 5.88 Å². The number of nitrogens with zero attached hydrogens (tertiary/aromatic N) is 3. The highest BCUT2D eigenvalue weighted by molar-refractivity contribution is 5.15. The van der Waals surface area contributed by atoms with E-state index in [0.29, 0.717) is 24.8 Å². The van der Waals surface area contributed by atoms with E-state index >= 15 is 0 Å². The molecule has 0 bridgehead atoms. The predicted octanol–water partition coefficient (Wildman–Crippen LogP) is 2.04. The zero-order valence-corrected chi connectivity index (χ0v) is 12.5. The fraction of sp³-hybridized carbons (Fsp3) is 0.571. The molecule has 0 amide bonds. The van der Waals surface area contributed by atoms with Crippen LogP contribution in [0.15, 0.2) is 16.7 Å². The third-order valence-electron chi connectivity index (χ3n) is 2.79. The average molecular weight is 278 g/mol. The normalized spacial score (nSPS) is 11.2. The van der Waals surface area contributed by atoms with E-state index in [4.69, 9.17) is 9.26 Å². The van der Waals surface area contributed by atoms with Crippen LogP contribution >= 0.6 is 0 Å². The molecule has 0 aliphatic rings. The van der Waals surface area contributed by atoms with Crippen LogP contribution < -0.4 is 10.1 Å². The van der Waals surface area contributed by atoms with Gasteiger partial charge in [-0.2, -0.15) is 5.10 Å². The molecule has 6 nitrogen and oxygen atoms in total. The van der Waals surface area contributed by atoms with Gasteiger partial charge in [0.25, 0.3) is 0 Å². The van der Waals surface area contributed by atoms with Gasteiger partial charge in [-0.25, -0.2) is 4.68 Å². The largest absolute Gasteiger partial charge is 0.470 e. The summed E-state index contributed by atoms with van der Waals surface area (Å²) in [6, 6.07) is 3.80. The van der Waals surface area contributed by atoms with E-state index in [1.54, 1.807) is 4.68 Å². The van der Waals surface area contributed by atoms with Gasteiger partial charge in [0.15, 0.2) is 12.4 Å². The Labute approximate surface area is 119 Å². The first-order valence-corrected chi connectivity index (χ1v) is 6.83. The maximum Gasteiger partial charge on any atom is 0.212 e. The molecule has 0 spiro atoms. The molecule has 6 heteroatoms. The Morgan fingerprint density at radius 2 is 2.20 bits per heavy atom. The molecule has 1 N–H and O–H groups in total. The lowest BCUT2D eigenvalue weighted by molar-refractivity contribution is 0.232. The zero-order valence-electron chi connectivity index (χ0n) is 12.5. The molecule has 2 rings (SSSR count). The van der Waals surface area contributed by atoms with E-state index in [1.165, 1.54) is 0 Å². The van der Waals surface area contributed by atoms with Crippen LogP contribution in [-0.2, 0) is 20.2 Å². The number of aryl methyl sites for hydroxylation is 2. The quantitative estimate of drug-likeness (QED) is 0.839. The first-order chi connectivity index (χ1) is 9.54. The molecule has 0 radical (unpaired) electrons. The summed E-state index contributed by atoms with van der Waals surface area (Å²) in [7, 11) is 1.85. The molecule has 0 saturated heterocycles. The summed E-state index contributed by atoms with van der Waals surface area (Å²) in [4.78, 5) is 0. The topological polar surface area (TPSA) is 65.1 Å². The van der Waals surface area contributed by atoms with Gasteiger partial charge in [0.2, 0.25) is 5.88 Å². The van der Waals surface area contributed by atoms with Crippen molar-refractivity contribution in [3.63, 3.8) is 0 Å². The molecule has 0 aromatic carbocycles. The lowest BCUT2D eigenvalue weighted by Gasteiger charge is -2.04. The Bertz CT molecular complexity index is 545. The van der Waals surface area contributed by atoms with Crippen molar-refractivity contribution in [3.05, 3.63) is 29.3 Å². The van der Waals surface area contributed by atoms with Crippen molar-refractivity contribution in [2.24, 2.45) is 13.0 Å². The van der Waals surface area contributed by atoms with Crippen molar-refractivity contribution in [1.82, 2.24) is 20.3 Å². The summed E-state index contributed by atoms with van der Waals surface area (Å²) in [5.74, 6) is 2.06. The summed E-state index contributed by atoms with van der Waals surface area (Å²) in [6.07, 6.45) is 0. The molecule has 20 heavy (non-hydrogen) atoms. The Morgan fingerprint density at radius 1 is 1.40 bits per heavy atom. The molecule has 110 valence electrons. The molecular weight excluding hydrogens is 256 g/mol. The van der Waals surface area contributed by atoms with Crippen LogP contribution in [0.25, 0.3) is 0 Å². The minimum Gasteiger partial charge on any atom is -0.470 e. The van der Waals surface area contributed by atoms with E-state index in [-0.39, 0.29) is 0 Å². The van der Waals surface area contributed by atoms with E-state index in [1.807, 2.05) is 26.1 Å². The van der Waals surface area contributed by atoms with Gasteiger partial charge in [-0.1, -0.05) is 19.0 Å². The van der Waals surface area contributed by atoms with Crippen LogP contribution in [0.2, 0.25) is 0 Å². The van der Waals surface area contributed by atoms with Gasteiger partial charge < -0.3 is 14.6 Å². The van der Waals surface area contributed by atoms with Gasteiger partial charge in [0.1, 0.15) is 0 Å². The molecular formula is C14H22N4O2. The second-order valence-electron chi connectivity index (χ2n) is 5.35. The lowest BCUT2D eigenvalue weighted by atomic mass is 10.2. The van der Waals surface area contributed by atoms with Gasteiger partial charge in [-0.05, 0) is 19.4 Å². The fourth-order valence-electron chi connectivity index (χ4n) is 1.86. The van der Waals surface area contributed by atoms with Crippen LogP contribution in [0.3, 0.4) is 0 Å². The monoisotopic (exact) mass is 278 g/mol. The third kappa shape index (κ3) is 4.09. The Hall–Kier alpha value is -1.82. The van der Waals surface area contributed by atoms with E-state index in [0.717, 1.165) is 23.8 Å². The molecule has 0 fully saturated rings. The van der Waals surface area contributed by atoms with E-state index in [9.17, 15) is 0 Å². The Kier molecular flexibility index (Phi) is 4.79. The van der Waals surface area contributed by atoms with E-state index in [2.05, 4.69) is 29.4 Å². The fourth-order valence-corrected chi connectivity index (χ4v) is 1.86. The third-order valence-corrected chi connectivity index (χ3v) is 2.79. The van der Waals surface area contributed by atoms with Crippen molar-refractivity contribution in [1.29, 1.82) is 0 Å². The summed E-state index contributed by atoms with van der Waals surface area (Å²) < 4.78 is 12.6. The summed E-state index contributed by atoms with van der Waals surface area (Å²) >= 11 is 0. The van der Waals surface area contributed by atoms with Crippen LogP contribution in [0, 0.1) is 12.8 Å². The van der Waals surface area contributed by atoms with E-state index < -0.39 is 0 Å². The van der Waals surface area contributed by atoms with Gasteiger partial charge in [0, 0.05) is 25.7 Å². The van der Waals surface area contributed by atoms with Crippen LogP contribution in [0.4, 0.5) is 0 Å². The van der Waals surface area contributed by atoms with Gasteiger partial charge >= 0.3 is 0 Å². The smallest absolute Gasteiger partial charge is 0.212 e. The second-order valence-corrected chi connectivity index (χ2v) is 5.35. The van der Waals surface area contributed by atoms with Crippen LogP contribution in [0.1, 0.15) is 31.0 Å². The van der Waals surface area contributed by atoms with Crippen molar-refractivity contribution in [2.75, 3.05) is 6.54 Å². The van der Waals surface area contributed by atoms with Crippen LogP contribution in [-0.4, -0.2) is 21.5 Å². The molecule has 2 aromatic heterocycles. The number of aromatic nitrogens is 3. The highest BCUT2D eigenvalue weighted by atomic mass is 16.5. The molecule has 0 unspecified atom stereocenters. The summed E-state index contributed by atoms with van der Waals surface area (Å²) in [5.41, 5.74) is 1.82. The molecule has 2 aromatic rings. The molecule has 2 heterocycles. The highest BCUT2D eigenvalue weighted by Gasteiger charge is 2.07. The number of rotatable bonds is 7. The lowest BCUT2D eigenvalue weighted by Crippen LogP contribution is -2.19. The summed E-state index contributed by atoms with van der Waals surface area (Å²) in [5, 5.41) is 11.6. The molecule has 0 saturated carbocycles. The molecule has 0 aliphatic heterocycles. The van der Waals surface area contributed by atoms with Crippen molar-refractivity contribution in [2.45, 2.75) is 33.9 Å². The van der Waals surface area contributed by atoms with Gasteiger partial charge in [-0.15, -0.1) is 0 Å². The Balaban J connectivity index is 1.82.